The molecule has 0 aliphatic carbocycles. The largest absolute Gasteiger partial charge is 0.393 e. The molecule has 0 radical (unpaired) electrons. The molecule has 0 atom stereocenters. The van der Waals surface area contributed by atoms with Crippen LogP contribution in [0.5, 0.6) is 0 Å². The lowest BCUT2D eigenvalue weighted by atomic mass is 10.1. The average molecular weight is 258 g/mol. The molecule has 0 aromatic heterocycles. The summed E-state index contributed by atoms with van der Waals surface area (Å²) in [4.78, 5) is 11.9. The van der Waals surface area contributed by atoms with Gasteiger partial charge in [-0.25, -0.2) is 0 Å². The minimum atomic E-state index is 0.156. The first kappa shape index (κ1) is 16.4. The number of carbonyl (C=O) groups is 1. The summed E-state index contributed by atoms with van der Waals surface area (Å²) in [6.07, 6.45) is 9.51. The summed E-state index contributed by atoms with van der Waals surface area (Å²) in [6.45, 7) is 2.90. The third kappa shape index (κ3) is 13.3. The second-order valence-electron chi connectivity index (χ2n) is 4.44. The number of amides is 1. The molecule has 17 heavy (non-hydrogen) atoms. The third-order valence-corrected chi connectivity index (χ3v) is 2.88. The van der Waals surface area contributed by atoms with E-state index in [1.54, 1.807) is 0 Å². The Morgan fingerprint density at radius 3 is 2.35 bits per heavy atom. The lowest BCUT2D eigenvalue weighted by Gasteiger charge is -2.04. The van der Waals surface area contributed by atoms with E-state index in [1.807, 2.05) is 0 Å². The number of carbonyl (C=O) groups excluding carboxylic acids is 1. The maximum Gasteiger partial charge on any atom is 0.219 e. The molecule has 3 N–H and O–H groups in total. The van der Waals surface area contributed by atoms with Crippen LogP contribution in [-0.2, 0) is 4.79 Å². The molecule has 0 aliphatic rings. The molecular formula is C13H26N2OS. The maximum atomic E-state index is 11.4. The second kappa shape index (κ2) is 11.8. The van der Waals surface area contributed by atoms with Gasteiger partial charge in [-0.2, -0.15) is 0 Å². The van der Waals surface area contributed by atoms with Crippen molar-refractivity contribution in [2.75, 3.05) is 6.54 Å². The van der Waals surface area contributed by atoms with Crippen molar-refractivity contribution in [3.8, 4) is 0 Å². The smallest absolute Gasteiger partial charge is 0.219 e. The number of nitrogens with two attached hydrogens (primary N) is 1. The third-order valence-electron chi connectivity index (χ3n) is 2.68. The predicted octanol–water partition coefficient (Wildman–Crippen LogP) is 2.92. The summed E-state index contributed by atoms with van der Waals surface area (Å²) in [5.74, 6) is 0.156. The monoisotopic (exact) mass is 258 g/mol. The lowest BCUT2D eigenvalue weighted by molar-refractivity contribution is -0.121. The van der Waals surface area contributed by atoms with Crippen molar-refractivity contribution in [3.05, 3.63) is 0 Å². The fraction of sp³-hybridized carbons (Fsp3) is 0.846. The van der Waals surface area contributed by atoms with Gasteiger partial charge in [0, 0.05) is 13.0 Å². The Kier molecular flexibility index (Phi) is 11.4. The minimum absolute atomic E-state index is 0.156. The van der Waals surface area contributed by atoms with E-state index in [-0.39, 0.29) is 5.91 Å². The number of hydrogen-bond acceptors (Lipinski definition) is 2. The highest BCUT2D eigenvalue weighted by molar-refractivity contribution is 7.80. The van der Waals surface area contributed by atoms with Gasteiger partial charge in [-0.3, -0.25) is 4.79 Å². The van der Waals surface area contributed by atoms with Crippen LogP contribution in [0.15, 0.2) is 0 Å². The van der Waals surface area contributed by atoms with Gasteiger partial charge >= 0.3 is 0 Å². The number of nitrogens with one attached hydrogen (secondary N) is 1. The molecule has 1 amide bonds. The van der Waals surface area contributed by atoms with Gasteiger partial charge in [-0.05, 0) is 19.3 Å². The molecule has 0 saturated carbocycles. The Balaban J connectivity index is 3.20. The molecule has 0 aromatic rings. The van der Waals surface area contributed by atoms with Gasteiger partial charge < -0.3 is 11.1 Å². The van der Waals surface area contributed by atoms with Crippen molar-refractivity contribution in [3.63, 3.8) is 0 Å². The molecule has 0 unspecified atom stereocenters. The van der Waals surface area contributed by atoms with Crippen LogP contribution in [0.2, 0.25) is 0 Å². The zero-order chi connectivity index (χ0) is 12.9. The molecule has 4 heteroatoms. The van der Waals surface area contributed by atoms with Crippen LogP contribution in [-0.4, -0.2) is 17.4 Å². The fourth-order valence-electron chi connectivity index (χ4n) is 1.64. The quantitative estimate of drug-likeness (QED) is 0.442. The molecule has 0 aromatic carbocycles. The predicted molar refractivity (Wildman–Crippen MR) is 77.0 cm³/mol. The average Bonchev–Trinajstić information content (AvgIpc) is 2.29. The van der Waals surface area contributed by atoms with E-state index in [0.717, 1.165) is 12.8 Å². The van der Waals surface area contributed by atoms with Crippen LogP contribution in [0.1, 0.15) is 64.7 Å². The zero-order valence-corrected chi connectivity index (χ0v) is 11.8. The van der Waals surface area contributed by atoms with Crippen molar-refractivity contribution < 1.29 is 4.79 Å². The number of rotatable bonds is 11. The van der Waals surface area contributed by atoms with Crippen molar-refractivity contribution in [2.24, 2.45) is 5.73 Å². The summed E-state index contributed by atoms with van der Waals surface area (Å²) in [5, 5.41) is 2.89. The molecule has 3 nitrogen and oxygen atoms in total. The zero-order valence-electron chi connectivity index (χ0n) is 11.0. The van der Waals surface area contributed by atoms with E-state index >= 15 is 0 Å². The molecule has 0 aliphatic heterocycles. The Morgan fingerprint density at radius 1 is 1.06 bits per heavy atom. The van der Waals surface area contributed by atoms with Gasteiger partial charge in [-0.1, -0.05) is 51.2 Å². The van der Waals surface area contributed by atoms with Crippen LogP contribution >= 0.6 is 12.2 Å². The summed E-state index contributed by atoms with van der Waals surface area (Å²) in [5.41, 5.74) is 5.37. The first-order chi connectivity index (χ1) is 8.16. The Bertz CT molecular complexity index is 219. The summed E-state index contributed by atoms with van der Waals surface area (Å²) in [6, 6.07) is 0. The van der Waals surface area contributed by atoms with Crippen molar-refractivity contribution in [1.82, 2.24) is 5.32 Å². The van der Waals surface area contributed by atoms with Crippen LogP contribution in [0, 0.1) is 0 Å². The van der Waals surface area contributed by atoms with E-state index in [4.69, 9.17) is 18.0 Å². The molecule has 0 saturated heterocycles. The molecule has 0 spiro atoms. The topological polar surface area (TPSA) is 55.1 Å². The highest BCUT2D eigenvalue weighted by Crippen LogP contribution is 2.06. The summed E-state index contributed by atoms with van der Waals surface area (Å²) < 4.78 is 0. The van der Waals surface area contributed by atoms with Crippen LogP contribution in [0.3, 0.4) is 0 Å². The van der Waals surface area contributed by atoms with E-state index in [1.165, 1.54) is 32.1 Å². The number of hydrogen-bond donors (Lipinski definition) is 2. The Labute approximate surface area is 111 Å². The van der Waals surface area contributed by atoms with Gasteiger partial charge in [0.15, 0.2) is 0 Å². The molecule has 0 bridgehead atoms. The Morgan fingerprint density at radius 2 is 1.71 bits per heavy atom. The van der Waals surface area contributed by atoms with Gasteiger partial charge in [0.2, 0.25) is 5.91 Å². The molecule has 100 valence electrons. The van der Waals surface area contributed by atoms with Gasteiger partial charge in [0.1, 0.15) is 0 Å². The van der Waals surface area contributed by atoms with E-state index in [2.05, 4.69) is 12.2 Å². The fourth-order valence-corrected chi connectivity index (χ4v) is 1.79. The summed E-state index contributed by atoms with van der Waals surface area (Å²) >= 11 is 4.76. The van der Waals surface area contributed by atoms with Gasteiger partial charge in [-0.15, -0.1) is 0 Å². The van der Waals surface area contributed by atoms with Crippen LogP contribution < -0.4 is 11.1 Å². The Hall–Kier alpha value is -0.640. The molecule has 0 fully saturated rings. The van der Waals surface area contributed by atoms with Crippen LogP contribution in [0.4, 0.5) is 0 Å². The lowest BCUT2D eigenvalue weighted by Crippen LogP contribution is -2.24. The van der Waals surface area contributed by atoms with E-state index < -0.39 is 0 Å². The van der Waals surface area contributed by atoms with E-state index in [9.17, 15) is 4.79 Å². The molecule has 0 rings (SSSR count). The first-order valence-corrected chi connectivity index (χ1v) is 7.12. The van der Waals surface area contributed by atoms with E-state index in [0.29, 0.717) is 24.4 Å². The molecule has 0 heterocycles. The molecular weight excluding hydrogens is 232 g/mol. The van der Waals surface area contributed by atoms with Crippen molar-refractivity contribution in [1.29, 1.82) is 0 Å². The highest BCUT2D eigenvalue weighted by atomic mass is 32.1. The summed E-state index contributed by atoms with van der Waals surface area (Å²) in [7, 11) is 0. The van der Waals surface area contributed by atoms with Gasteiger partial charge in [0.25, 0.3) is 0 Å². The maximum absolute atomic E-state index is 11.4. The number of thiocarbonyl (C=S) groups is 1. The first-order valence-electron chi connectivity index (χ1n) is 6.71. The SMILES string of the molecule is CCCCCCCCC(=O)NCCCC(N)=S. The van der Waals surface area contributed by atoms with Crippen molar-refractivity contribution in [2.45, 2.75) is 64.7 Å². The van der Waals surface area contributed by atoms with Crippen LogP contribution in [0.25, 0.3) is 0 Å². The highest BCUT2D eigenvalue weighted by Gasteiger charge is 2.00. The van der Waals surface area contributed by atoms with Crippen molar-refractivity contribution >= 4 is 23.1 Å². The van der Waals surface area contributed by atoms with Gasteiger partial charge in [0.05, 0.1) is 4.99 Å². The second-order valence-corrected chi connectivity index (χ2v) is 4.96. The normalized spacial score (nSPS) is 10.2. The standard InChI is InChI=1S/C13H26N2OS/c1-2-3-4-5-6-7-10-13(16)15-11-8-9-12(14)17/h2-11H2,1H3,(H2,14,17)(H,15,16). The minimum Gasteiger partial charge on any atom is -0.393 e. The number of unbranched alkanes of at least 4 members (excludes halogenated alkanes) is 5.